The van der Waals surface area contributed by atoms with Gasteiger partial charge >= 0.3 is 0 Å². The number of ether oxygens (including phenoxy) is 1. The molecule has 0 aliphatic carbocycles. The Hall–Kier alpha value is -2.38. The van der Waals surface area contributed by atoms with Crippen molar-refractivity contribution in [3.8, 4) is 5.75 Å². The molecule has 3 rings (SSSR count). The zero-order chi connectivity index (χ0) is 20.1. The van der Waals surface area contributed by atoms with Gasteiger partial charge in [-0.2, -0.15) is 4.31 Å². The van der Waals surface area contributed by atoms with E-state index in [9.17, 15) is 13.2 Å². The van der Waals surface area contributed by atoms with Gasteiger partial charge in [0.25, 0.3) is 5.91 Å². The largest absolute Gasteiger partial charge is 0.483 e. The molecule has 0 aromatic heterocycles. The van der Waals surface area contributed by atoms with Gasteiger partial charge in [0.15, 0.2) is 6.61 Å². The lowest BCUT2D eigenvalue weighted by Crippen LogP contribution is -2.35. The minimum atomic E-state index is -3.54. The molecule has 1 aliphatic heterocycles. The maximum absolute atomic E-state index is 12.8. The number of nitrogens with zero attached hydrogens (tertiary/aromatic N) is 1. The predicted octanol–water partition coefficient (Wildman–Crippen LogP) is 3.50. The molecule has 0 saturated carbocycles. The summed E-state index contributed by atoms with van der Waals surface area (Å²) in [5.41, 5.74) is 2.36. The first-order valence-corrected chi connectivity index (χ1v) is 10.9. The van der Waals surface area contributed by atoms with Gasteiger partial charge in [-0.3, -0.25) is 4.79 Å². The van der Waals surface area contributed by atoms with Crippen molar-refractivity contribution in [2.75, 3.05) is 25.0 Å². The number of carbonyl (C=O) groups is 1. The molecule has 6 nitrogen and oxygen atoms in total. The van der Waals surface area contributed by atoms with Gasteiger partial charge in [-0.05, 0) is 56.0 Å². The van der Waals surface area contributed by atoms with Crippen LogP contribution in [0.1, 0.15) is 30.4 Å². The number of rotatable bonds is 6. The summed E-state index contributed by atoms with van der Waals surface area (Å²) in [7, 11) is -3.54. The molecule has 0 spiro atoms. The van der Waals surface area contributed by atoms with Gasteiger partial charge in [0.2, 0.25) is 10.0 Å². The van der Waals surface area contributed by atoms with E-state index in [4.69, 9.17) is 4.74 Å². The summed E-state index contributed by atoms with van der Waals surface area (Å²) in [6.45, 7) is 4.80. The van der Waals surface area contributed by atoms with E-state index in [0.717, 1.165) is 30.4 Å². The van der Waals surface area contributed by atoms with E-state index in [1.807, 2.05) is 32.0 Å². The normalized spacial score (nSPS) is 15.2. The third-order valence-electron chi connectivity index (χ3n) is 4.83. The fourth-order valence-electron chi connectivity index (χ4n) is 3.35. The Labute approximate surface area is 166 Å². The number of sulfonamides is 1. The number of piperidine rings is 1. The molecule has 1 amide bonds. The lowest BCUT2D eigenvalue weighted by Gasteiger charge is -2.26. The predicted molar refractivity (Wildman–Crippen MR) is 109 cm³/mol. The summed E-state index contributed by atoms with van der Waals surface area (Å²) in [5.74, 6) is 0.356. The fraction of sp³-hybridized carbons (Fsp3) is 0.381. The lowest BCUT2D eigenvalue weighted by molar-refractivity contribution is -0.118. The van der Waals surface area contributed by atoms with Gasteiger partial charge in [-0.25, -0.2) is 8.42 Å². The van der Waals surface area contributed by atoms with E-state index in [1.54, 1.807) is 18.2 Å². The third-order valence-corrected chi connectivity index (χ3v) is 6.72. The Morgan fingerprint density at radius 3 is 2.36 bits per heavy atom. The van der Waals surface area contributed by atoms with E-state index >= 15 is 0 Å². The minimum Gasteiger partial charge on any atom is -0.483 e. The first-order valence-electron chi connectivity index (χ1n) is 9.47. The highest BCUT2D eigenvalue weighted by Gasteiger charge is 2.26. The summed E-state index contributed by atoms with van der Waals surface area (Å²) < 4.78 is 32.8. The number of nitrogens with one attached hydrogen (secondary N) is 1. The van der Waals surface area contributed by atoms with E-state index in [0.29, 0.717) is 24.5 Å². The van der Waals surface area contributed by atoms with E-state index in [1.165, 1.54) is 10.4 Å². The highest BCUT2D eigenvalue weighted by atomic mass is 32.2. The molecule has 2 aromatic rings. The smallest absolute Gasteiger partial charge is 0.262 e. The van der Waals surface area contributed by atoms with Crippen molar-refractivity contribution in [3.05, 3.63) is 53.6 Å². The van der Waals surface area contributed by atoms with Crippen molar-refractivity contribution in [2.24, 2.45) is 0 Å². The van der Waals surface area contributed by atoms with Gasteiger partial charge < -0.3 is 10.1 Å². The summed E-state index contributed by atoms with van der Waals surface area (Å²) in [5, 5.41) is 2.72. The number of aryl methyl sites for hydroxylation is 2. The number of para-hydroxylation sites is 1. The highest BCUT2D eigenvalue weighted by molar-refractivity contribution is 7.89. The van der Waals surface area contributed by atoms with Crippen LogP contribution in [0.4, 0.5) is 5.69 Å². The number of anilines is 1. The van der Waals surface area contributed by atoms with Crippen LogP contribution in [-0.2, 0) is 14.8 Å². The monoisotopic (exact) mass is 402 g/mol. The second-order valence-electron chi connectivity index (χ2n) is 7.05. The molecule has 2 aromatic carbocycles. The molecule has 1 N–H and O–H groups in total. The Balaban J connectivity index is 1.66. The molecular weight excluding hydrogens is 376 g/mol. The summed E-state index contributed by atoms with van der Waals surface area (Å²) in [6.07, 6.45) is 2.82. The van der Waals surface area contributed by atoms with Crippen molar-refractivity contribution < 1.29 is 17.9 Å². The number of carbonyl (C=O) groups excluding carboxylic acids is 1. The summed E-state index contributed by atoms with van der Waals surface area (Å²) in [4.78, 5) is 12.5. The van der Waals surface area contributed by atoms with Crippen molar-refractivity contribution in [3.63, 3.8) is 0 Å². The average molecular weight is 403 g/mol. The molecule has 1 fully saturated rings. The molecule has 1 aliphatic rings. The fourth-order valence-corrected chi connectivity index (χ4v) is 4.91. The van der Waals surface area contributed by atoms with Crippen LogP contribution in [0, 0.1) is 13.8 Å². The average Bonchev–Trinajstić information content (AvgIpc) is 2.68. The maximum atomic E-state index is 12.8. The zero-order valence-corrected chi connectivity index (χ0v) is 17.1. The minimum absolute atomic E-state index is 0.144. The SMILES string of the molecule is Cc1cccc(C)c1OCC(=O)Nc1cccc(S(=O)(=O)N2CCCCC2)c1. The van der Waals surface area contributed by atoms with Crippen molar-refractivity contribution in [2.45, 2.75) is 38.0 Å². The van der Waals surface area contributed by atoms with E-state index in [2.05, 4.69) is 5.32 Å². The first-order chi connectivity index (χ1) is 13.4. The molecule has 28 heavy (non-hydrogen) atoms. The van der Waals surface area contributed by atoms with Gasteiger partial charge in [-0.1, -0.05) is 30.7 Å². The molecule has 0 radical (unpaired) electrons. The standard InChI is InChI=1S/C21H26N2O4S/c1-16-8-6-9-17(2)21(16)27-15-20(24)22-18-10-7-11-19(14-18)28(25,26)23-12-4-3-5-13-23/h6-11,14H,3-5,12-13,15H2,1-2H3,(H,22,24). The Morgan fingerprint density at radius 2 is 1.68 bits per heavy atom. The van der Waals surface area contributed by atoms with Gasteiger partial charge in [0, 0.05) is 18.8 Å². The molecule has 0 bridgehead atoms. The van der Waals surface area contributed by atoms with E-state index < -0.39 is 10.0 Å². The van der Waals surface area contributed by atoms with Crippen molar-refractivity contribution in [1.29, 1.82) is 0 Å². The molecule has 1 saturated heterocycles. The van der Waals surface area contributed by atoms with Crippen molar-refractivity contribution in [1.82, 2.24) is 4.31 Å². The quantitative estimate of drug-likeness (QED) is 0.802. The third kappa shape index (κ3) is 4.72. The molecular formula is C21H26N2O4S. The van der Waals surface area contributed by atoms with E-state index in [-0.39, 0.29) is 17.4 Å². The molecule has 0 unspecified atom stereocenters. The van der Waals surface area contributed by atoms with Crippen LogP contribution in [-0.4, -0.2) is 38.3 Å². The summed E-state index contributed by atoms with van der Waals surface area (Å²) >= 11 is 0. The van der Waals surface area contributed by atoms with Gasteiger partial charge in [0.1, 0.15) is 5.75 Å². The van der Waals surface area contributed by atoms with Crippen LogP contribution in [0.25, 0.3) is 0 Å². The Kier molecular flexibility index (Phi) is 6.36. The Morgan fingerprint density at radius 1 is 1.04 bits per heavy atom. The van der Waals surface area contributed by atoms with Gasteiger partial charge in [0.05, 0.1) is 4.90 Å². The van der Waals surface area contributed by atoms with Crippen LogP contribution in [0.15, 0.2) is 47.4 Å². The Bertz CT molecular complexity index is 930. The highest BCUT2D eigenvalue weighted by Crippen LogP contribution is 2.24. The molecule has 150 valence electrons. The van der Waals surface area contributed by atoms with Crippen LogP contribution < -0.4 is 10.1 Å². The van der Waals surface area contributed by atoms with Crippen LogP contribution in [0.5, 0.6) is 5.75 Å². The molecule has 0 atom stereocenters. The number of hydrogen-bond acceptors (Lipinski definition) is 4. The number of benzene rings is 2. The number of hydrogen-bond donors (Lipinski definition) is 1. The second-order valence-corrected chi connectivity index (χ2v) is 8.99. The lowest BCUT2D eigenvalue weighted by atomic mass is 10.1. The van der Waals surface area contributed by atoms with Gasteiger partial charge in [-0.15, -0.1) is 0 Å². The van der Waals surface area contributed by atoms with Crippen LogP contribution in [0.3, 0.4) is 0 Å². The molecule has 1 heterocycles. The van der Waals surface area contributed by atoms with Crippen LogP contribution >= 0.6 is 0 Å². The first kappa shape index (κ1) is 20.4. The maximum Gasteiger partial charge on any atom is 0.262 e. The van der Waals surface area contributed by atoms with Crippen LogP contribution in [0.2, 0.25) is 0 Å². The summed E-state index contributed by atoms with van der Waals surface area (Å²) in [6, 6.07) is 12.2. The second kappa shape index (κ2) is 8.75. The zero-order valence-electron chi connectivity index (χ0n) is 16.3. The van der Waals surface area contributed by atoms with Crippen molar-refractivity contribution >= 4 is 21.6 Å². The number of amides is 1. The topological polar surface area (TPSA) is 75.7 Å². The molecule has 7 heteroatoms.